The van der Waals surface area contributed by atoms with Gasteiger partial charge in [0.1, 0.15) is 11.5 Å². The van der Waals surface area contributed by atoms with Gasteiger partial charge in [-0.05, 0) is 37.0 Å². The summed E-state index contributed by atoms with van der Waals surface area (Å²) >= 11 is 0. The smallest absolute Gasteiger partial charge is 0.453 e. The van der Waals surface area contributed by atoms with Crippen molar-refractivity contribution in [3.05, 3.63) is 52.0 Å². The maximum Gasteiger partial charge on any atom is 0.573 e. The Bertz CT molecular complexity index is 859. The van der Waals surface area contributed by atoms with Gasteiger partial charge in [0, 0.05) is 24.6 Å². The van der Waals surface area contributed by atoms with Gasteiger partial charge in [-0.25, -0.2) is 4.79 Å². The number of methoxy groups -OCH3 is 1. The Balaban J connectivity index is 1.74. The Morgan fingerprint density at radius 2 is 2.04 bits per heavy atom. The number of ether oxygens (including phenoxy) is 2. The van der Waals surface area contributed by atoms with Crippen molar-refractivity contribution in [3.63, 3.8) is 0 Å². The van der Waals surface area contributed by atoms with E-state index in [2.05, 4.69) is 9.89 Å². The number of piperidine rings is 1. The monoisotopic (exact) mass is 400 g/mol. The first kappa shape index (κ1) is 19.8. The van der Waals surface area contributed by atoms with Crippen molar-refractivity contribution in [2.75, 3.05) is 13.7 Å². The molecule has 0 unspecified atom stereocenters. The number of hydrogen-bond donors (Lipinski definition) is 1. The first-order valence-electron chi connectivity index (χ1n) is 8.63. The summed E-state index contributed by atoms with van der Waals surface area (Å²) in [4.78, 5) is 25.0. The molecule has 1 fully saturated rings. The van der Waals surface area contributed by atoms with E-state index >= 15 is 0 Å². The second kappa shape index (κ2) is 7.99. The number of aromatic amines is 1. The molecule has 0 aliphatic carbocycles. The van der Waals surface area contributed by atoms with Crippen molar-refractivity contribution < 1.29 is 32.0 Å². The van der Waals surface area contributed by atoms with Gasteiger partial charge < -0.3 is 18.9 Å². The van der Waals surface area contributed by atoms with Gasteiger partial charge in [0.2, 0.25) is 0 Å². The number of nitrogens with zero attached hydrogens (tertiary/aromatic N) is 1. The first-order valence-corrected chi connectivity index (χ1v) is 8.63. The van der Waals surface area contributed by atoms with Crippen LogP contribution in [0.5, 0.6) is 5.75 Å². The highest BCUT2D eigenvalue weighted by molar-refractivity contribution is 5.68. The van der Waals surface area contributed by atoms with Crippen LogP contribution in [0.4, 0.5) is 18.0 Å². The third kappa shape index (κ3) is 4.87. The molecule has 1 saturated heterocycles. The van der Waals surface area contributed by atoms with E-state index in [1.165, 1.54) is 37.4 Å². The number of H-pyrrole nitrogens is 1. The number of likely N-dealkylation sites (tertiary alicyclic amines) is 1. The van der Waals surface area contributed by atoms with Crippen molar-refractivity contribution >= 4 is 6.09 Å². The van der Waals surface area contributed by atoms with Crippen LogP contribution < -0.4 is 10.3 Å². The van der Waals surface area contributed by atoms with Crippen LogP contribution in [-0.2, 0) is 11.2 Å². The normalized spacial score (nSPS) is 20.1. The largest absolute Gasteiger partial charge is 0.573 e. The molecule has 1 aromatic heterocycles. The van der Waals surface area contributed by atoms with Crippen LogP contribution in [0.1, 0.15) is 30.1 Å². The van der Waals surface area contributed by atoms with E-state index in [4.69, 9.17) is 9.26 Å². The zero-order valence-electron chi connectivity index (χ0n) is 15.0. The van der Waals surface area contributed by atoms with Gasteiger partial charge in [0.25, 0.3) is 5.56 Å². The van der Waals surface area contributed by atoms with Gasteiger partial charge in [-0.15, -0.1) is 13.2 Å². The molecule has 0 radical (unpaired) electrons. The van der Waals surface area contributed by atoms with Crippen LogP contribution in [0.3, 0.4) is 0 Å². The number of carbonyl (C=O) groups is 1. The number of benzene rings is 1. The Morgan fingerprint density at radius 1 is 1.32 bits per heavy atom. The maximum atomic E-state index is 12.3. The van der Waals surface area contributed by atoms with Crippen LogP contribution in [0.25, 0.3) is 0 Å². The van der Waals surface area contributed by atoms with E-state index in [9.17, 15) is 22.8 Å². The van der Waals surface area contributed by atoms with E-state index in [-0.39, 0.29) is 23.3 Å². The third-order valence-corrected chi connectivity index (χ3v) is 4.70. The average molecular weight is 400 g/mol. The molecular weight excluding hydrogens is 381 g/mol. The van der Waals surface area contributed by atoms with Crippen molar-refractivity contribution in [3.8, 4) is 5.75 Å². The minimum absolute atomic E-state index is 0.0577. The van der Waals surface area contributed by atoms with Crippen LogP contribution in [-0.4, -0.2) is 42.2 Å². The van der Waals surface area contributed by atoms with Crippen LogP contribution in [0.2, 0.25) is 0 Å². The standard InChI is InChI=1S/C18H19F3N2O5/c1-26-17(25)23-7-6-12(15-10-16(24)22-28-15)9-13(23)8-11-2-4-14(5-3-11)27-18(19,20)21/h2-5,10,12-13H,6-9H2,1H3,(H,22,24)/t12-,13+/m0/s1. The molecule has 1 N–H and O–H groups in total. The van der Waals surface area contributed by atoms with Crippen LogP contribution >= 0.6 is 0 Å². The predicted octanol–water partition coefficient (Wildman–Crippen LogP) is 3.42. The summed E-state index contributed by atoms with van der Waals surface area (Å²) in [5.74, 6) is 0.155. The van der Waals surface area contributed by atoms with Crippen molar-refractivity contribution in [2.24, 2.45) is 0 Å². The zero-order chi connectivity index (χ0) is 20.3. The SMILES string of the molecule is COC(=O)N1CC[C@H](c2cc(=O)[nH]o2)C[C@H]1Cc1ccc(OC(F)(F)F)cc1. The lowest BCUT2D eigenvalue weighted by atomic mass is 9.86. The van der Waals surface area contributed by atoms with Gasteiger partial charge in [-0.1, -0.05) is 12.1 Å². The van der Waals surface area contributed by atoms with E-state index in [1.54, 1.807) is 4.90 Å². The molecule has 3 rings (SSSR count). The molecule has 1 amide bonds. The molecule has 1 aliphatic rings. The minimum atomic E-state index is -4.75. The average Bonchev–Trinajstić information content (AvgIpc) is 3.08. The molecular formula is C18H19F3N2O5. The highest BCUT2D eigenvalue weighted by Gasteiger charge is 2.35. The number of halogens is 3. The van der Waals surface area contributed by atoms with Gasteiger partial charge in [0.05, 0.1) is 7.11 Å². The summed E-state index contributed by atoms with van der Waals surface area (Å²) in [5, 5.41) is 2.26. The van der Waals surface area contributed by atoms with Crippen molar-refractivity contribution in [1.29, 1.82) is 0 Å². The molecule has 2 heterocycles. The fraction of sp³-hybridized carbons (Fsp3) is 0.444. The van der Waals surface area contributed by atoms with Gasteiger partial charge in [0.15, 0.2) is 0 Å². The van der Waals surface area contributed by atoms with E-state index in [0.717, 1.165) is 5.56 Å². The Kier molecular flexibility index (Phi) is 5.66. The fourth-order valence-corrected chi connectivity index (χ4v) is 3.46. The molecule has 10 heteroatoms. The van der Waals surface area contributed by atoms with Crippen LogP contribution in [0, 0.1) is 0 Å². The van der Waals surface area contributed by atoms with Crippen molar-refractivity contribution in [2.45, 2.75) is 37.6 Å². The highest BCUT2D eigenvalue weighted by Crippen LogP contribution is 2.33. The summed E-state index contributed by atoms with van der Waals surface area (Å²) in [5.41, 5.74) is 0.409. The summed E-state index contributed by atoms with van der Waals surface area (Å²) in [6, 6.07) is 6.64. The van der Waals surface area contributed by atoms with E-state index < -0.39 is 12.5 Å². The van der Waals surface area contributed by atoms with Crippen LogP contribution in [0.15, 0.2) is 39.6 Å². The molecule has 152 valence electrons. The molecule has 0 bridgehead atoms. The molecule has 28 heavy (non-hydrogen) atoms. The number of amides is 1. The molecule has 2 aromatic rings. The van der Waals surface area contributed by atoms with Gasteiger partial charge in [-0.3, -0.25) is 4.79 Å². The Hall–Kier alpha value is -2.91. The number of rotatable bonds is 4. The lowest BCUT2D eigenvalue weighted by Gasteiger charge is -2.38. The maximum absolute atomic E-state index is 12.3. The lowest BCUT2D eigenvalue weighted by Crippen LogP contribution is -2.46. The predicted molar refractivity (Wildman–Crippen MR) is 91.0 cm³/mol. The van der Waals surface area contributed by atoms with Gasteiger partial charge >= 0.3 is 12.5 Å². The molecule has 0 spiro atoms. The second-order valence-corrected chi connectivity index (χ2v) is 6.55. The van der Waals surface area contributed by atoms with E-state index in [1.807, 2.05) is 0 Å². The van der Waals surface area contributed by atoms with Gasteiger partial charge in [-0.2, -0.15) is 5.16 Å². The summed E-state index contributed by atoms with van der Waals surface area (Å²) in [6.07, 6.45) is -3.69. The van der Waals surface area contributed by atoms with Crippen molar-refractivity contribution in [1.82, 2.24) is 10.1 Å². The number of nitrogens with one attached hydrogen (secondary N) is 1. The first-order chi connectivity index (χ1) is 13.2. The number of alkyl halides is 3. The molecule has 0 saturated carbocycles. The Labute approximate surface area is 158 Å². The second-order valence-electron chi connectivity index (χ2n) is 6.55. The number of carbonyl (C=O) groups excluding carboxylic acids is 1. The number of aromatic nitrogens is 1. The Morgan fingerprint density at radius 3 is 2.61 bits per heavy atom. The molecule has 1 aromatic carbocycles. The van der Waals surface area contributed by atoms with E-state index in [0.29, 0.717) is 31.6 Å². The topological polar surface area (TPSA) is 84.8 Å². The highest BCUT2D eigenvalue weighted by atomic mass is 19.4. The minimum Gasteiger partial charge on any atom is -0.453 e. The third-order valence-electron chi connectivity index (χ3n) is 4.70. The lowest BCUT2D eigenvalue weighted by molar-refractivity contribution is -0.274. The quantitative estimate of drug-likeness (QED) is 0.850. The molecule has 1 aliphatic heterocycles. The summed E-state index contributed by atoms with van der Waals surface area (Å²) in [7, 11) is 1.29. The summed E-state index contributed by atoms with van der Waals surface area (Å²) in [6.45, 7) is 0.409. The fourth-order valence-electron chi connectivity index (χ4n) is 3.46. The molecule has 7 nitrogen and oxygen atoms in total. The zero-order valence-corrected chi connectivity index (χ0v) is 15.0. The molecule has 2 atom stereocenters. The summed E-state index contributed by atoms with van der Waals surface area (Å²) < 4.78 is 50.8. The number of hydrogen-bond acceptors (Lipinski definition) is 5.